The Hall–Kier alpha value is -1.87. The van der Waals surface area contributed by atoms with E-state index in [0.717, 1.165) is 45.1 Å². The summed E-state index contributed by atoms with van der Waals surface area (Å²) in [4.78, 5) is 22.7. The molecular formula is C23H29ClFN3O2S2. The summed E-state index contributed by atoms with van der Waals surface area (Å²) in [5.74, 6) is 1.35. The third-order valence-corrected chi connectivity index (χ3v) is 7.14. The van der Waals surface area contributed by atoms with E-state index in [-0.39, 0.29) is 24.1 Å². The number of anilines is 1. The molecular weight excluding hydrogens is 469 g/mol. The summed E-state index contributed by atoms with van der Waals surface area (Å²) in [6.45, 7) is 3.38. The number of methoxy groups -OCH3 is 1. The maximum Gasteiger partial charge on any atom is 0.228 e. The number of hydrogen-bond donors (Lipinski definition) is 0. The van der Waals surface area contributed by atoms with Crippen LogP contribution in [0.15, 0.2) is 41.3 Å². The van der Waals surface area contributed by atoms with Gasteiger partial charge in [0.1, 0.15) is 17.1 Å². The second kappa shape index (κ2) is 12.4. The highest BCUT2D eigenvalue weighted by atomic mass is 35.5. The lowest BCUT2D eigenvalue weighted by Gasteiger charge is -2.22. The molecule has 0 spiro atoms. The number of halogens is 2. The second-order valence-corrected chi connectivity index (χ2v) is 9.66. The topological polar surface area (TPSA) is 45.7 Å². The quantitative estimate of drug-likeness (QED) is 0.268. The van der Waals surface area contributed by atoms with Crippen molar-refractivity contribution >= 4 is 56.8 Å². The van der Waals surface area contributed by atoms with Gasteiger partial charge in [0.15, 0.2) is 5.13 Å². The van der Waals surface area contributed by atoms with Crippen LogP contribution in [-0.2, 0) is 4.79 Å². The van der Waals surface area contributed by atoms with Gasteiger partial charge in [-0.2, -0.15) is 0 Å². The lowest BCUT2D eigenvalue weighted by molar-refractivity contribution is -0.118. The Bertz CT molecular complexity index is 1030. The molecule has 0 unspecified atom stereocenters. The number of aromatic nitrogens is 1. The van der Waals surface area contributed by atoms with Crippen LogP contribution in [0.4, 0.5) is 9.52 Å². The van der Waals surface area contributed by atoms with Crippen molar-refractivity contribution in [2.24, 2.45) is 0 Å². The van der Waals surface area contributed by atoms with Gasteiger partial charge in [0.05, 0.1) is 11.8 Å². The lowest BCUT2D eigenvalue weighted by Crippen LogP contribution is -2.36. The van der Waals surface area contributed by atoms with Crippen LogP contribution in [0.1, 0.15) is 18.4 Å². The molecule has 0 N–H and O–H groups in total. The molecule has 0 saturated heterocycles. The van der Waals surface area contributed by atoms with Gasteiger partial charge in [0.25, 0.3) is 0 Å². The average Bonchev–Trinajstić information content (AvgIpc) is 3.19. The van der Waals surface area contributed by atoms with E-state index in [9.17, 15) is 9.18 Å². The molecule has 0 aliphatic heterocycles. The summed E-state index contributed by atoms with van der Waals surface area (Å²) in [5, 5.41) is 0.709. The zero-order chi connectivity index (χ0) is 22.4. The predicted octanol–water partition coefficient (Wildman–Crippen LogP) is 5.64. The number of ether oxygens (including phenoxy) is 1. The molecule has 2 aromatic carbocycles. The molecule has 0 fully saturated rings. The number of aryl methyl sites for hydroxylation is 1. The van der Waals surface area contributed by atoms with Crippen molar-refractivity contribution in [1.82, 2.24) is 9.88 Å². The zero-order valence-corrected chi connectivity index (χ0v) is 21.2. The number of thioether (sulfide) groups is 1. The Kier molecular flexibility index (Phi) is 10.2. The van der Waals surface area contributed by atoms with Gasteiger partial charge >= 0.3 is 0 Å². The first kappa shape index (κ1) is 26.4. The van der Waals surface area contributed by atoms with Gasteiger partial charge in [-0.25, -0.2) is 9.37 Å². The Morgan fingerprint density at radius 1 is 1.16 bits per heavy atom. The van der Waals surface area contributed by atoms with E-state index in [1.54, 1.807) is 35.9 Å². The van der Waals surface area contributed by atoms with E-state index in [0.29, 0.717) is 18.1 Å². The van der Waals surface area contributed by atoms with E-state index in [4.69, 9.17) is 9.72 Å². The van der Waals surface area contributed by atoms with Crippen LogP contribution < -0.4 is 9.64 Å². The van der Waals surface area contributed by atoms with Crippen LogP contribution in [0, 0.1) is 12.7 Å². The summed E-state index contributed by atoms with van der Waals surface area (Å²) in [6.07, 6.45) is 1.18. The van der Waals surface area contributed by atoms with Crippen LogP contribution in [0.5, 0.6) is 5.75 Å². The standard InChI is InChI=1S/C23H28FN3O2S2.ClH/c1-16-7-12-19(29-4)21-22(16)31-23(25-21)27(14-13-26(2)3)20(28)6-5-15-30-18-10-8-17(24)9-11-18;/h7-12H,5-6,13-15H2,1-4H3;1H. The minimum absolute atomic E-state index is 0. The SMILES string of the molecule is COc1ccc(C)c2sc(N(CCN(C)C)C(=O)CCCSc3ccc(F)cc3)nc12.Cl. The molecule has 32 heavy (non-hydrogen) atoms. The summed E-state index contributed by atoms with van der Waals surface area (Å²) >= 11 is 3.17. The fourth-order valence-corrected chi connectivity index (χ4v) is 5.03. The normalized spacial score (nSPS) is 10.9. The van der Waals surface area contributed by atoms with Crippen molar-refractivity contribution in [3.63, 3.8) is 0 Å². The number of rotatable bonds is 10. The van der Waals surface area contributed by atoms with E-state index in [1.165, 1.54) is 23.5 Å². The molecule has 0 saturated carbocycles. The Morgan fingerprint density at radius 3 is 2.53 bits per heavy atom. The van der Waals surface area contributed by atoms with Crippen molar-refractivity contribution in [3.05, 3.63) is 47.8 Å². The first-order valence-corrected chi connectivity index (χ1v) is 12.0. The minimum atomic E-state index is -0.237. The smallest absolute Gasteiger partial charge is 0.228 e. The maximum absolute atomic E-state index is 13.1. The first-order valence-electron chi connectivity index (χ1n) is 10.2. The maximum atomic E-state index is 13.1. The van der Waals surface area contributed by atoms with E-state index in [1.807, 2.05) is 33.2 Å². The molecule has 1 amide bonds. The second-order valence-electron chi connectivity index (χ2n) is 7.51. The monoisotopic (exact) mass is 497 g/mol. The van der Waals surface area contributed by atoms with Crippen LogP contribution in [0.2, 0.25) is 0 Å². The molecule has 3 aromatic rings. The summed E-state index contributed by atoms with van der Waals surface area (Å²) < 4.78 is 19.5. The molecule has 0 aliphatic rings. The number of benzene rings is 2. The molecule has 5 nitrogen and oxygen atoms in total. The van der Waals surface area contributed by atoms with Crippen LogP contribution in [0.3, 0.4) is 0 Å². The van der Waals surface area contributed by atoms with Gasteiger partial charge in [-0.05, 0) is 69.1 Å². The zero-order valence-electron chi connectivity index (χ0n) is 18.8. The minimum Gasteiger partial charge on any atom is -0.494 e. The molecule has 1 heterocycles. The average molecular weight is 498 g/mol. The van der Waals surface area contributed by atoms with Crippen LogP contribution >= 0.6 is 35.5 Å². The highest BCUT2D eigenvalue weighted by Gasteiger charge is 2.21. The summed E-state index contributed by atoms with van der Waals surface area (Å²) in [6, 6.07) is 10.4. The number of thiazole rings is 1. The number of carbonyl (C=O) groups excluding carboxylic acids is 1. The number of fused-ring (bicyclic) bond motifs is 1. The fraction of sp³-hybridized carbons (Fsp3) is 0.391. The Labute approximate surface area is 203 Å². The van der Waals surface area contributed by atoms with Crippen LogP contribution in [-0.4, -0.2) is 55.8 Å². The fourth-order valence-electron chi connectivity index (χ4n) is 3.08. The predicted molar refractivity (Wildman–Crippen MR) is 135 cm³/mol. The summed E-state index contributed by atoms with van der Waals surface area (Å²) in [5.41, 5.74) is 1.92. The van der Waals surface area contributed by atoms with Crippen molar-refractivity contribution in [1.29, 1.82) is 0 Å². The molecule has 3 rings (SSSR count). The molecule has 0 aliphatic carbocycles. The molecule has 0 bridgehead atoms. The van der Waals surface area contributed by atoms with Gasteiger partial charge in [0, 0.05) is 24.4 Å². The largest absolute Gasteiger partial charge is 0.494 e. The van der Waals surface area contributed by atoms with Gasteiger partial charge < -0.3 is 9.64 Å². The molecule has 1 aromatic heterocycles. The van der Waals surface area contributed by atoms with Crippen molar-refractivity contribution in [2.75, 3.05) is 44.9 Å². The van der Waals surface area contributed by atoms with Gasteiger partial charge in [-0.1, -0.05) is 17.4 Å². The summed E-state index contributed by atoms with van der Waals surface area (Å²) in [7, 11) is 5.62. The van der Waals surface area contributed by atoms with E-state index < -0.39 is 0 Å². The number of amides is 1. The third kappa shape index (κ3) is 6.81. The number of nitrogens with zero attached hydrogens (tertiary/aromatic N) is 3. The third-order valence-electron chi connectivity index (χ3n) is 4.83. The first-order chi connectivity index (χ1) is 14.9. The van der Waals surface area contributed by atoms with Gasteiger partial charge in [-0.15, -0.1) is 24.2 Å². The number of hydrogen-bond acceptors (Lipinski definition) is 6. The molecule has 9 heteroatoms. The van der Waals surface area contributed by atoms with Gasteiger partial charge in [0.2, 0.25) is 5.91 Å². The number of likely N-dealkylation sites (N-methyl/N-ethyl adjacent to an activating group) is 1. The van der Waals surface area contributed by atoms with Gasteiger partial charge in [-0.3, -0.25) is 9.69 Å². The highest BCUT2D eigenvalue weighted by Crippen LogP contribution is 2.36. The molecule has 174 valence electrons. The Balaban J connectivity index is 0.00000363. The lowest BCUT2D eigenvalue weighted by atomic mass is 10.2. The van der Waals surface area contributed by atoms with Crippen LogP contribution in [0.25, 0.3) is 10.2 Å². The van der Waals surface area contributed by atoms with E-state index >= 15 is 0 Å². The van der Waals surface area contributed by atoms with Crippen molar-refractivity contribution < 1.29 is 13.9 Å². The van der Waals surface area contributed by atoms with Crippen molar-refractivity contribution in [3.8, 4) is 5.75 Å². The van der Waals surface area contributed by atoms with Crippen molar-refractivity contribution in [2.45, 2.75) is 24.7 Å². The highest BCUT2D eigenvalue weighted by molar-refractivity contribution is 7.99. The Morgan fingerprint density at radius 2 is 1.88 bits per heavy atom. The molecule has 0 atom stereocenters. The van der Waals surface area contributed by atoms with E-state index in [2.05, 4.69) is 4.90 Å². The number of carbonyl (C=O) groups is 1. The molecule has 0 radical (unpaired) electrons.